The Bertz CT molecular complexity index is 806. The molecule has 0 saturated heterocycles. The normalized spacial score (nSPS) is 16.1. The van der Waals surface area contributed by atoms with Gasteiger partial charge in [-0.25, -0.2) is 0 Å². The first kappa shape index (κ1) is 15.9. The molecule has 0 N–H and O–H groups in total. The molecule has 3 nitrogen and oxygen atoms in total. The average Bonchev–Trinajstić information content (AvgIpc) is 2.88. The largest absolute Gasteiger partial charge is 0.331 e. The van der Waals surface area contributed by atoms with Crippen molar-refractivity contribution >= 4 is 29.1 Å². The Labute approximate surface area is 145 Å². The van der Waals surface area contributed by atoms with Crippen molar-refractivity contribution in [1.82, 2.24) is 4.90 Å². The van der Waals surface area contributed by atoms with Crippen molar-refractivity contribution in [2.75, 3.05) is 0 Å². The fourth-order valence-corrected chi connectivity index (χ4v) is 3.54. The lowest BCUT2D eigenvalue weighted by atomic mass is 10.0. The highest BCUT2D eigenvalue weighted by molar-refractivity contribution is 6.36. The van der Waals surface area contributed by atoms with Crippen LogP contribution in [-0.4, -0.2) is 10.8 Å². The van der Waals surface area contributed by atoms with Gasteiger partial charge in [0, 0.05) is 16.6 Å². The predicted octanol–water partition coefficient (Wildman–Crippen LogP) is 4.51. The highest BCUT2D eigenvalue weighted by Gasteiger charge is 2.32. The van der Waals surface area contributed by atoms with Crippen LogP contribution in [0.3, 0.4) is 0 Å². The minimum atomic E-state index is -0.0629. The molecule has 116 valence electrons. The van der Waals surface area contributed by atoms with Crippen molar-refractivity contribution in [2.45, 2.75) is 25.9 Å². The summed E-state index contributed by atoms with van der Waals surface area (Å²) in [6.45, 7) is 2.42. The van der Waals surface area contributed by atoms with Gasteiger partial charge in [0.05, 0.1) is 24.1 Å². The molecule has 0 bridgehead atoms. The number of carbonyl (C=O) groups excluding carboxylic acids is 1. The number of halogens is 2. The van der Waals surface area contributed by atoms with E-state index in [1.165, 1.54) is 0 Å². The van der Waals surface area contributed by atoms with Gasteiger partial charge in [-0.15, -0.1) is 0 Å². The van der Waals surface area contributed by atoms with E-state index in [9.17, 15) is 10.1 Å². The van der Waals surface area contributed by atoms with Gasteiger partial charge in [-0.05, 0) is 41.8 Å². The Hall–Kier alpha value is -2.02. The summed E-state index contributed by atoms with van der Waals surface area (Å²) < 4.78 is 0. The fraction of sp³-hybridized carbons (Fsp3) is 0.222. The van der Waals surface area contributed by atoms with Crippen molar-refractivity contribution < 1.29 is 4.79 Å². The van der Waals surface area contributed by atoms with Gasteiger partial charge in [0.25, 0.3) is 0 Å². The van der Waals surface area contributed by atoms with Crippen LogP contribution in [0.5, 0.6) is 0 Å². The summed E-state index contributed by atoms with van der Waals surface area (Å²) in [6.07, 6.45) is 0.152. The summed E-state index contributed by atoms with van der Waals surface area (Å²) in [7, 11) is 0. The van der Waals surface area contributed by atoms with Crippen LogP contribution in [0, 0.1) is 11.3 Å². The zero-order valence-electron chi connectivity index (χ0n) is 12.5. The minimum Gasteiger partial charge on any atom is -0.331 e. The molecule has 0 spiro atoms. The number of hydrogen-bond donors (Lipinski definition) is 0. The maximum absolute atomic E-state index is 12.7. The molecule has 5 heteroatoms. The minimum absolute atomic E-state index is 0.0485. The van der Waals surface area contributed by atoms with Gasteiger partial charge in [-0.2, -0.15) is 5.26 Å². The molecule has 1 heterocycles. The molecular formula is C18H14Cl2N2O. The van der Waals surface area contributed by atoms with Crippen molar-refractivity contribution in [3.63, 3.8) is 0 Å². The number of carbonyl (C=O) groups is 1. The van der Waals surface area contributed by atoms with E-state index in [1.807, 2.05) is 19.1 Å². The standard InChI is InChI=1S/C18H14Cl2N2O/c1-11-13-5-2-4-12(9-21)15(13)10-22(11)18(23)8-14-16(19)6-3-7-17(14)20/h2-7,11H,8,10H2,1H3. The molecule has 23 heavy (non-hydrogen) atoms. The van der Waals surface area contributed by atoms with E-state index in [0.29, 0.717) is 27.7 Å². The van der Waals surface area contributed by atoms with E-state index in [0.717, 1.165) is 11.1 Å². The van der Waals surface area contributed by atoms with Gasteiger partial charge >= 0.3 is 0 Å². The lowest BCUT2D eigenvalue weighted by molar-refractivity contribution is -0.132. The van der Waals surface area contributed by atoms with Crippen molar-refractivity contribution in [3.8, 4) is 6.07 Å². The van der Waals surface area contributed by atoms with E-state index in [-0.39, 0.29) is 18.4 Å². The van der Waals surface area contributed by atoms with E-state index in [4.69, 9.17) is 23.2 Å². The Kier molecular flexibility index (Phi) is 4.30. The van der Waals surface area contributed by atoms with Crippen molar-refractivity contribution in [2.24, 2.45) is 0 Å². The molecule has 0 fully saturated rings. The molecule has 1 aliphatic heterocycles. The quantitative estimate of drug-likeness (QED) is 0.804. The second kappa shape index (κ2) is 6.23. The first-order valence-electron chi connectivity index (χ1n) is 7.27. The van der Waals surface area contributed by atoms with Crippen LogP contribution < -0.4 is 0 Å². The van der Waals surface area contributed by atoms with Crippen molar-refractivity contribution in [1.29, 1.82) is 5.26 Å². The van der Waals surface area contributed by atoms with E-state index >= 15 is 0 Å². The third kappa shape index (κ3) is 2.81. The third-order valence-corrected chi connectivity index (χ3v) is 5.00. The zero-order valence-corrected chi connectivity index (χ0v) is 14.0. The summed E-state index contributed by atoms with van der Waals surface area (Å²) in [5.41, 5.74) is 3.23. The monoisotopic (exact) mass is 344 g/mol. The number of rotatable bonds is 2. The summed E-state index contributed by atoms with van der Waals surface area (Å²) >= 11 is 12.3. The number of nitrogens with zero attached hydrogens (tertiary/aromatic N) is 2. The molecule has 0 aromatic heterocycles. The Balaban J connectivity index is 1.87. The van der Waals surface area contributed by atoms with Crippen LogP contribution in [0.4, 0.5) is 0 Å². The van der Waals surface area contributed by atoms with E-state index in [2.05, 4.69) is 6.07 Å². The van der Waals surface area contributed by atoms with Gasteiger partial charge in [-0.3, -0.25) is 4.79 Å². The summed E-state index contributed by atoms with van der Waals surface area (Å²) in [5.74, 6) is -0.0485. The Morgan fingerprint density at radius 2 is 1.91 bits per heavy atom. The average molecular weight is 345 g/mol. The SMILES string of the molecule is CC1c2cccc(C#N)c2CN1C(=O)Cc1c(Cl)cccc1Cl. The summed E-state index contributed by atoms with van der Waals surface area (Å²) in [4.78, 5) is 14.5. The van der Waals surface area contributed by atoms with Crippen LogP contribution in [0.25, 0.3) is 0 Å². The van der Waals surface area contributed by atoms with Gasteiger partial charge in [0.15, 0.2) is 0 Å². The topological polar surface area (TPSA) is 44.1 Å². The van der Waals surface area contributed by atoms with Crippen LogP contribution in [0.2, 0.25) is 10.0 Å². The van der Waals surface area contributed by atoms with Gasteiger partial charge in [0.2, 0.25) is 5.91 Å². The predicted molar refractivity (Wildman–Crippen MR) is 90.3 cm³/mol. The first-order chi connectivity index (χ1) is 11.0. The lowest BCUT2D eigenvalue weighted by Gasteiger charge is -2.22. The lowest BCUT2D eigenvalue weighted by Crippen LogP contribution is -2.29. The molecular weight excluding hydrogens is 331 g/mol. The molecule has 2 aromatic rings. The van der Waals surface area contributed by atoms with E-state index in [1.54, 1.807) is 29.2 Å². The molecule has 1 atom stereocenters. The number of fused-ring (bicyclic) bond motifs is 1. The number of amides is 1. The summed E-state index contributed by atoms with van der Waals surface area (Å²) in [6, 6.07) is 12.9. The molecule has 0 aliphatic carbocycles. The summed E-state index contributed by atoms with van der Waals surface area (Å²) in [5, 5.41) is 10.2. The fourth-order valence-electron chi connectivity index (χ4n) is 3.01. The third-order valence-electron chi connectivity index (χ3n) is 4.29. The number of benzene rings is 2. The molecule has 1 unspecified atom stereocenters. The van der Waals surface area contributed by atoms with Gasteiger partial charge < -0.3 is 4.90 Å². The van der Waals surface area contributed by atoms with Gasteiger partial charge in [0.1, 0.15) is 0 Å². The first-order valence-corrected chi connectivity index (χ1v) is 8.02. The molecule has 1 amide bonds. The molecule has 2 aromatic carbocycles. The smallest absolute Gasteiger partial charge is 0.227 e. The van der Waals surface area contributed by atoms with Crippen LogP contribution in [-0.2, 0) is 17.8 Å². The highest BCUT2D eigenvalue weighted by Crippen LogP contribution is 2.36. The second-order valence-electron chi connectivity index (χ2n) is 5.56. The zero-order chi connectivity index (χ0) is 16.6. The van der Waals surface area contributed by atoms with Crippen LogP contribution in [0.1, 0.15) is 35.2 Å². The second-order valence-corrected chi connectivity index (χ2v) is 6.37. The molecule has 0 saturated carbocycles. The molecule has 3 rings (SSSR count). The number of nitriles is 1. The van der Waals surface area contributed by atoms with Crippen LogP contribution >= 0.6 is 23.2 Å². The Morgan fingerprint density at radius 3 is 2.57 bits per heavy atom. The van der Waals surface area contributed by atoms with Gasteiger partial charge in [-0.1, -0.05) is 41.4 Å². The number of hydrogen-bond acceptors (Lipinski definition) is 2. The Morgan fingerprint density at radius 1 is 1.26 bits per heavy atom. The maximum atomic E-state index is 12.7. The van der Waals surface area contributed by atoms with E-state index < -0.39 is 0 Å². The molecule has 1 aliphatic rings. The maximum Gasteiger partial charge on any atom is 0.227 e. The van der Waals surface area contributed by atoms with Crippen molar-refractivity contribution in [3.05, 3.63) is 68.7 Å². The van der Waals surface area contributed by atoms with Crippen LogP contribution in [0.15, 0.2) is 36.4 Å². The molecule has 0 radical (unpaired) electrons. The highest BCUT2D eigenvalue weighted by atomic mass is 35.5.